The van der Waals surface area contributed by atoms with Crippen molar-refractivity contribution < 1.29 is 8.42 Å². The highest BCUT2D eigenvalue weighted by Crippen LogP contribution is 2.20. The van der Waals surface area contributed by atoms with Crippen molar-refractivity contribution >= 4 is 43.9 Å². The fraction of sp³-hybridized carbons (Fsp3) is 0.267. The number of hydrogen-bond acceptors (Lipinski definition) is 8. The summed E-state index contributed by atoms with van der Waals surface area (Å²) in [5.74, 6) is 0.393. The highest BCUT2D eigenvalue weighted by atomic mass is 32.2. The van der Waals surface area contributed by atoms with Gasteiger partial charge in [0.2, 0.25) is 10.0 Å². The Balaban J connectivity index is 1.58. The first-order valence-electron chi connectivity index (χ1n) is 8.15. The number of sulfonamides is 1. The molecule has 0 saturated heterocycles. The normalized spacial score (nSPS) is 12.2. The van der Waals surface area contributed by atoms with Gasteiger partial charge in [-0.15, -0.1) is 0 Å². The van der Waals surface area contributed by atoms with Gasteiger partial charge in [0.1, 0.15) is 27.3 Å². The summed E-state index contributed by atoms with van der Waals surface area (Å²) < 4.78 is 38.0. The zero-order valence-electron chi connectivity index (χ0n) is 14.8. The van der Waals surface area contributed by atoms with Crippen LogP contribution in [0.15, 0.2) is 32.7 Å². The minimum atomic E-state index is -3.80. The maximum absolute atomic E-state index is 12.6. The van der Waals surface area contributed by atoms with Gasteiger partial charge < -0.3 is 4.98 Å². The SMILES string of the molecule is Cn1c(=O)c2[nH]c(CCNS(=O)(=O)c3cccc4nsnc34)nc2n(C)c1=O. The summed E-state index contributed by atoms with van der Waals surface area (Å²) in [5.41, 5.74) is 0.288. The van der Waals surface area contributed by atoms with E-state index in [1.165, 1.54) is 24.7 Å². The molecule has 3 aromatic heterocycles. The molecule has 13 heteroatoms. The molecule has 3 heterocycles. The van der Waals surface area contributed by atoms with Crippen LogP contribution in [-0.4, -0.2) is 42.8 Å². The van der Waals surface area contributed by atoms with Gasteiger partial charge in [0, 0.05) is 27.1 Å². The van der Waals surface area contributed by atoms with Gasteiger partial charge in [-0.3, -0.25) is 13.9 Å². The molecule has 0 fully saturated rings. The van der Waals surface area contributed by atoms with E-state index in [9.17, 15) is 18.0 Å². The molecule has 0 aliphatic carbocycles. The first kappa shape index (κ1) is 18.5. The zero-order valence-corrected chi connectivity index (χ0v) is 16.5. The van der Waals surface area contributed by atoms with Crippen molar-refractivity contribution in [2.24, 2.45) is 14.1 Å². The van der Waals surface area contributed by atoms with Crippen LogP contribution in [0.5, 0.6) is 0 Å². The van der Waals surface area contributed by atoms with E-state index in [0.29, 0.717) is 16.9 Å². The van der Waals surface area contributed by atoms with E-state index in [4.69, 9.17) is 0 Å². The minimum absolute atomic E-state index is 0.0460. The second-order valence-corrected chi connectivity index (χ2v) is 8.39. The number of fused-ring (bicyclic) bond motifs is 2. The van der Waals surface area contributed by atoms with Crippen LogP contribution < -0.4 is 16.0 Å². The van der Waals surface area contributed by atoms with Gasteiger partial charge in [0.25, 0.3) is 5.56 Å². The lowest BCUT2D eigenvalue weighted by Crippen LogP contribution is -2.36. The molecule has 0 spiro atoms. The molecule has 146 valence electrons. The Morgan fingerprint density at radius 1 is 1.18 bits per heavy atom. The number of benzene rings is 1. The molecule has 0 bridgehead atoms. The molecule has 11 nitrogen and oxygen atoms in total. The first-order chi connectivity index (χ1) is 13.3. The Hall–Kier alpha value is -2.90. The van der Waals surface area contributed by atoms with Crippen LogP contribution in [0.3, 0.4) is 0 Å². The lowest BCUT2D eigenvalue weighted by molar-refractivity contribution is 0.582. The molecule has 0 radical (unpaired) electrons. The topological polar surface area (TPSA) is 145 Å². The summed E-state index contributed by atoms with van der Waals surface area (Å²) in [5, 5.41) is 0. The molecular weight excluding hydrogens is 406 g/mol. The molecule has 4 rings (SSSR count). The Morgan fingerprint density at radius 3 is 2.75 bits per heavy atom. The van der Waals surface area contributed by atoms with Gasteiger partial charge in [-0.25, -0.2) is 22.9 Å². The Bertz CT molecular complexity index is 1430. The molecule has 28 heavy (non-hydrogen) atoms. The van der Waals surface area contributed by atoms with E-state index in [1.54, 1.807) is 12.1 Å². The van der Waals surface area contributed by atoms with E-state index >= 15 is 0 Å². The van der Waals surface area contributed by atoms with E-state index in [1.807, 2.05) is 0 Å². The maximum Gasteiger partial charge on any atom is 0.332 e. The van der Waals surface area contributed by atoms with E-state index in [0.717, 1.165) is 16.3 Å². The fourth-order valence-corrected chi connectivity index (χ4v) is 4.67. The van der Waals surface area contributed by atoms with Crippen LogP contribution in [0.1, 0.15) is 5.82 Å². The molecule has 0 aliphatic heterocycles. The second-order valence-electron chi connectivity index (χ2n) is 6.12. The van der Waals surface area contributed by atoms with Crippen LogP contribution >= 0.6 is 11.7 Å². The summed E-state index contributed by atoms with van der Waals surface area (Å²) in [7, 11) is -0.900. The van der Waals surface area contributed by atoms with Crippen molar-refractivity contribution in [1.82, 2.24) is 32.6 Å². The Labute approximate surface area is 162 Å². The van der Waals surface area contributed by atoms with Crippen molar-refractivity contribution in [2.75, 3.05) is 6.54 Å². The molecular formula is C15H15N7O4S2. The number of nitrogens with zero attached hydrogens (tertiary/aromatic N) is 5. The van der Waals surface area contributed by atoms with Crippen LogP contribution in [0.4, 0.5) is 0 Å². The number of aryl methyl sites for hydroxylation is 1. The van der Waals surface area contributed by atoms with Crippen LogP contribution in [0.25, 0.3) is 22.2 Å². The number of imidazole rings is 1. The van der Waals surface area contributed by atoms with E-state index in [-0.39, 0.29) is 29.0 Å². The van der Waals surface area contributed by atoms with Gasteiger partial charge in [0.05, 0.1) is 11.7 Å². The standard InChI is InChI=1S/C15H15N7O4S2/c1-21-13-12(14(23)22(2)15(21)24)17-10(18-13)6-7-16-28(25,26)9-5-3-4-8-11(9)20-27-19-8/h3-5,16H,6-7H2,1-2H3,(H,17,18). The predicted octanol–water partition coefficient (Wildman–Crippen LogP) is -0.514. The third kappa shape index (κ3) is 2.93. The van der Waals surface area contributed by atoms with E-state index in [2.05, 4.69) is 23.4 Å². The Kier molecular flexibility index (Phi) is 4.36. The lowest BCUT2D eigenvalue weighted by atomic mass is 10.3. The third-order valence-corrected chi connectivity index (χ3v) is 6.37. The fourth-order valence-electron chi connectivity index (χ4n) is 2.87. The Morgan fingerprint density at radius 2 is 1.96 bits per heavy atom. The summed E-state index contributed by atoms with van der Waals surface area (Å²) >= 11 is 0.945. The summed E-state index contributed by atoms with van der Waals surface area (Å²) in [6.07, 6.45) is 0.205. The van der Waals surface area contributed by atoms with Gasteiger partial charge >= 0.3 is 5.69 Å². The monoisotopic (exact) mass is 421 g/mol. The maximum atomic E-state index is 12.6. The molecule has 0 saturated carbocycles. The average Bonchev–Trinajstić information content (AvgIpc) is 3.31. The summed E-state index contributed by atoms with van der Waals surface area (Å²) in [4.78, 5) is 31.3. The zero-order chi connectivity index (χ0) is 20.1. The predicted molar refractivity (Wildman–Crippen MR) is 103 cm³/mol. The molecule has 0 atom stereocenters. The highest BCUT2D eigenvalue weighted by molar-refractivity contribution is 7.89. The number of hydrogen-bond donors (Lipinski definition) is 2. The van der Waals surface area contributed by atoms with Crippen molar-refractivity contribution in [3.63, 3.8) is 0 Å². The lowest BCUT2D eigenvalue weighted by Gasteiger charge is -2.06. The quantitative estimate of drug-likeness (QED) is 0.441. The highest BCUT2D eigenvalue weighted by Gasteiger charge is 2.19. The average molecular weight is 421 g/mol. The van der Waals surface area contributed by atoms with Crippen molar-refractivity contribution in [3.8, 4) is 0 Å². The van der Waals surface area contributed by atoms with Gasteiger partial charge in [-0.1, -0.05) is 6.07 Å². The van der Waals surface area contributed by atoms with Gasteiger partial charge in [-0.2, -0.15) is 8.75 Å². The summed E-state index contributed by atoms with van der Waals surface area (Å²) in [6.45, 7) is 0.0460. The third-order valence-electron chi connectivity index (χ3n) is 4.34. The number of H-pyrrole nitrogens is 1. The number of aromatic nitrogens is 6. The van der Waals surface area contributed by atoms with Crippen molar-refractivity contribution in [3.05, 3.63) is 44.9 Å². The number of aromatic amines is 1. The van der Waals surface area contributed by atoms with Crippen LogP contribution in [0, 0.1) is 0 Å². The van der Waals surface area contributed by atoms with E-state index < -0.39 is 21.3 Å². The number of nitrogens with one attached hydrogen (secondary N) is 2. The van der Waals surface area contributed by atoms with Crippen LogP contribution in [0.2, 0.25) is 0 Å². The number of rotatable bonds is 5. The smallest absolute Gasteiger partial charge is 0.332 e. The molecule has 0 aliphatic rings. The largest absolute Gasteiger partial charge is 0.336 e. The summed E-state index contributed by atoms with van der Waals surface area (Å²) in [6, 6.07) is 4.76. The molecule has 0 unspecified atom stereocenters. The molecule has 0 amide bonds. The van der Waals surface area contributed by atoms with Crippen LogP contribution in [-0.2, 0) is 30.5 Å². The molecule has 2 N–H and O–H groups in total. The molecule has 1 aromatic carbocycles. The minimum Gasteiger partial charge on any atom is -0.336 e. The second kappa shape index (κ2) is 6.61. The van der Waals surface area contributed by atoms with Gasteiger partial charge in [-0.05, 0) is 12.1 Å². The first-order valence-corrected chi connectivity index (χ1v) is 10.4. The van der Waals surface area contributed by atoms with Gasteiger partial charge in [0.15, 0.2) is 5.65 Å². The van der Waals surface area contributed by atoms with Crippen molar-refractivity contribution in [1.29, 1.82) is 0 Å². The van der Waals surface area contributed by atoms with Crippen molar-refractivity contribution in [2.45, 2.75) is 11.3 Å². The molecule has 4 aromatic rings.